The molecule has 0 spiro atoms. The van der Waals surface area contributed by atoms with E-state index in [1.54, 1.807) is 6.33 Å². The third-order valence-electron chi connectivity index (χ3n) is 3.92. The van der Waals surface area contributed by atoms with Gasteiger partial charge in [-0.15, -0.1) is 0 Å². The Morgan fingerprint density at radius 3 is 2.20 bits per heavy atom. The van der Waals surface area contributed by atoms with Gasteiger partial charge >= 0.3 is 0 Å². The Morgan fingerprint density at radius 2 is 1.70 bits per heavy atom. The molecule has 0 radical (unpaired) electrons. The van der Waals surface area contributed by atoms with Gasteiger partial charge in [0.25, 0.3) is 0 Å². The van der Waals surface area contributed by atoms with E-state index in [1.165, 1.54) is 0 Å². The van der Waals surface area contributed by atoms with Gasteiger partial charge in [0, 0.05) is 37.3 Å². The van der Waals surface area contributed by atoms with E-state index in [2.05, 4.69) is 54.4 Å². The lowest BCUT2D eigenvalue weighted by Crippen LogP contribution is -2.53. The summed E-state index contributed by atoms with van der Waals surface area (Å²) < 4.78 is 0. The summed E-state index contributed by atoms with van der Waals surface area (Å²) in [5.41, 5.74) is 1.30. The maximum absolute atomic E-state index is 6.26. The van der Waals surface area contributed by atoms with Crippen LogP contribution in [0.3, 0.4) is 0 Å². The van der Waals surface area contributed by atoms with Gasteiger partial charge in [-0.1, -0.05) is 25.4 Å². The second-order valence-corrected chi connectivity index (χ2v) is 7.06. The zero-order valence-electron chi connectivity index (χ0n) is 13.1. The third-order valence-corrected chi connectivity index (χ3v) is 4.22. The molecule has 0 unspecified atom stereocenters. The molecule has 4 nitrogen and oxygen atoms in total. The first-order chi connectivity index (χ1) is 9.30. The molecule has 1 aromatic rings. The minimum Gasteiger partial charge on any atom is -0.354 e. The molecule has 112 valence electrons. The molecule has 5 heteroatoms. The van der Waals surface area contributed by atoms with Crippen molar-refractivity contribution in [2.75, 3.05) is 31.1 Å². The molecule has 0 saturated carbocycles. The van der Waals surface area contributed by atoms with E-state index in [4.69, 9.17) is 11.6 Å². The average molecular weight is 297 g/mol. The summed E-state index contributed by atoms with van der Waals surface area (Å²) in [6, 6.07) is 0. The molecule has 2 heterocycles. The van der Waals surface area contributed by atoms with Gasteiger partial charge in [-0.25, -0.2) is 9.97 Å². The Morgan fingerprint density at radius 1 is 1.10 bits per heavy atom. The molecule has 0 aromatic carbocycles. The van der Waals surface area contributed by atoms with Crippen molar-refractivity contribution in [1.82, 2.24) is 14.9 Å². The minimum absolute atomic E-state index is 0.232. The number of anilines is 1. The van der Waals surface area contributed by atoms with Crippen LogP contribution in [0.1, 0.15) is 46.1 Å². The highest BCUT2D eigenvalue weighted by Gasteiger charge is 2.28. The van der Waals surface area contributed by atoms with Crippen molar-refractivity contribution in [3.63, 3.8) is 0 Å². The van der Waals surface area contributed by atoms with E-state index >= 15 is 0 Å². The number of rotatable bonds is 2. The number of nitrogens with zero attached hydrogens (tertiary/aromatic N) is 4. The fraction of sp³-hybridized carbons (Fsp3) is 0.733. The van der Waals surface area contributed by atoms with Crippen molar-refractivity contribution < 1.29 is 0 Å². The average Bonchev–Trinajstić information content (AvgIpc) is 2.37. The Kier molecular flexibility index (Phi) is 4.55. The zero-order chi connectivity index (χ0) is 14.9. The second-order valence-electron chi connectivity index (χ2n) is 6.70. The maximum atomic E-state index is 6.26. The highest BCUT2D eigenvalue weighted by atomic mass is 35.5. The van der Waals surface area contributed by atoms with Crippen LogP contribution in [0, 0.1) is 0 Å². The Bertz CT molecular complexity index is 459. The molecule has 0 amide bonds. The lowest BCUT2D eigenvalue weighted by atomic mass is 10.0. The van der Waals surface area contributed by atoms with Crippen LogP contribution in [0.25, 0.3) is 0 Å². The van der Waals surface area contributed by atoms with Crippen LogP contribution in [0.2, 0.25) is 5.15 Å². The number of piperazine rings is 1. The molecular weight excluding hydrogens is 272 g/mol. The predicted octanol–water partition coefficient (Wildman–Crippen LogP) is 3.17. The molecule has 1 aromatic heterocycles. The SMILES string of the molecule is CC(C)c1c(Cl)ncnc1N1CCN(C(C)(C)C)CC1. The highest BCUT2D eigenvalue weighted by Crippen LogP contribution is 2.31. The molecule has 0 bridgehead atoms. The van der Waals surface area contributed by atoms with Crippen LogP contribution >= 0.6 is 11.6 Å². The van der Waals surface area contributed by atoms with E-state index in [0.29, 0.717) is 11.1 Å². The summed E-state index contributed by atoms with van der Waals surface area (Å²) in [6.07, 6.45) is 1.57. The van der Waals surface area contributed by atoms with Gasteiger partial charge in [0.15, 0.2) is 0 Å². The number of halogens is 1. The van der Waals surface area contributed by atoms with Crippen molar-refractivity contribution in [1.29, 1.82) is 0 Å². The summed E-state index contributed by atoms with van der Waals surface area (Å²) >= 11 is 6.26. The van der Waals surface area contributed by atoms with E-state index < -0.39 is 0 Å². The molecule has 1 saturated heterocycles. The number of hydrogen-bond acceptors (Lipinski definition) is 4. The molecule has 1 aliphatic heterocycles. The topological polar surface area (TPSA) is 32.3 Å². The van der Waals surface area contributed by atoms with E-state index in [0.717, 1.165) is 37.6 Å². The summed E-state index contributed by atoms with van der Waals surface area (Å²) in [5, 5.41) is 0.586. The molecule has 2 rings (SSSR count). The quantitative estimate of drug-likeness (QED) is 0.785. The van der Waals surface area contributed by atoms with Crippen molar-refractivity contribution in [3.05, 3.63) is 17.0 Å². The fourth-order valence-corrected chi connectivity index (χ4v) is 3.05. The van der Waals surface area contributed by atoms with Gasteiger partial charge in [-0.3, -0.25) is 4.90 Å². The first-order valence-corrected chi connectivity index (χ1v) is 7.69. The van der Waals surface area contributed by atoms with E-state index in [9.17, 15) is 0 Å². The summed E-state index contributed by atoms with van der Waals surface area (Å²) in [5.74, 6) is 1.34. The van der Waals surface area contributed by atoms with E-state index in [1.807, 2.05) is 0 Å². The van der Waals surface area contributed by atoms with Crippen molar-refractivity contribution >= 4 is 17.4 Å². The summed E-state index contributed by atoms with van der Waals surface area (Å²) in [7, 11) is 0. The van der Waals surface area contributed by atoms with Crippen molar-refractivity contribution in [3.8, 4) is 0 Å². The lowest BCUT2D eigenvalue weighted by Gasteiger charge is -2.43. The van der Waals surface area contributed by atoms with Crippen molar-refractivity contribution in [2.45, 2.75) is 46.1 Å². The smallest absolute Gasteiger partial charge is 0.138 e. The monoisotopic (exact) mass is 296 g/mol. The van der Waals surface area contributed by atoms with Gasteiger partial charge in [-0.2, -0.15) is 0 Å². The number of aromatic nitrogens is 2. The summed E-state index contributed by atoms with van der Waals surface area (Å²) in [4.78, 5) is 13.5. The van der Waals surface area contributed by atoms with Crippen LogP contribution < -0.4 is 4.90 Å². The van der Waals surface area contributed by atoms with Crippen LogP contribution in [0.15, 0.2) is 6.33 Å². The number of hydrogen-bond donors (Lipinski definition) is 0. The summed E-state index contributed by atoms with van der Waals surface area (Å²) in [6.45, 7) is 15.2. The minimum atomic E-state index is 0.232. The van der Waals surface area contributed by atoms with Gasteiger partial charge in [0.1, 0.15) is 17.3 Å². The van der Waals surface area contributed by atoms with Crippen LogP contribution in [0.4, 0.5) is 5.82 Å². The van der Waals surface area contributed by atoms with Crippen molar-refractivity contribution in [2.24, 2.45) is 0 Å². The predicted molar refractivity (Wildman–Crippen MR) is 84.7 cm³/mol. The lowest BCUT2D eigenvalue weighted by molar-refractivity contribution is 0.128. The van der Waals surface area contributed by atoms with Gasteiger partial charge in [0.2, 0.25) is 0 Å². The Labute approximate surface area is 127 Å². The normalized spacial score (nSPS) is 17.9. The fourth-order valence-electron chi connectivity index (χ4n) is 2.70. The first-order valence-electron chi connectivity index (χ1n) is 7.31. The van der Waals surface area contributed by atoms with Crippen LogP contribution in [-0.4, -0.2) is 46.6 Å². The Hall–Kier alpha value is -0.870. The van der Waals surface area contributed by atoms with Crippen LogP contribution in [0.5, 0.6) is 0 Å². The molecule has 0 N–H and O–H groups in total. The maximum Gasteiger partial charge on any atom is 0.138 e. The molecule has 0 atom stereocenters. The van der Waals surface area contributed by atoms with E-state index in [-0.39, 0.29) is 5.54 Å². The molecule has 1 aliphatic rings. The standard InChI is InChI=1S/C15H25ClN4/c1-11(2)12-13(16)17-10-18-14(12)19-6-8-20(9-7-19)15(3,4)5/h10-11H,6-9H2,1-5H3. The highest BCUT2D eigenvalue weighted by molar-refractivity contribution is 6.30. The largest absolute Gasteiger partial charge is 0.354 e. The zero-order valence-corrected chi connectivity index (χ0v) is 13.9. The molecular formula is C15H25ClN4. The third kappa shape index (κ3) is 3.23. The molecule has 20 heavy (non-hydrogen) atoms. The van der Waals surface area contributed by atoms with Gasteiger partial charge in [0.05, 0.1) is 0 Å². The Balaban J connectivity index is 2.17. The molecule has 1 fully saturated rings. The van der Waals surface area contributed by atoms with Gasteiger partial charge in [-0.05, 0) is 26.7 Å². The second kappa shape index (κ2) is 5.86. The van der Waals surface area contributed by atoms with Gasteiger partial charge < -0.3 is 4.90 Å². The molecule has 0 aliphatic carbocycles. The van der Waals surface area contributed by atoms with Crippen LogP contribution in [-0.2, 0) is 0 Å². The first kappa shape index (κ1) is 15.5.